The summed E-state index contributed by atoms with van der Waals surface area (Å²) in [5, 5.41) is 3.17. The monoisotopic (exact) mass is 231 g/mol. The summed E-state index contributed by atoms with van der Waals surface area (Å²) < 4.78 is 0. The molecule has 3 nitrogen and oxygen atoms in total. The topological polar surface area (TPSA) is 40.7 Å². The average Bonchev–Trinajstić information content (AvgIpc) is 2.68. The number of aromatic nitrogens is 2. The third kappa shape index (κ3) is 2.67. The largest absolute Gasteiger partial charge is 0.342 e. The van der Waals surface area contributed by atoms with Gasteiger partial charge in [0.2, 0.25) is 0 Å². The highest BCUT2D eigenvalue weighted by Gasteiger charge is 2.17. The van der Waals surface area contributed by atoms with Gasteiger partial charge in [-0.2, -0.15) is 0 Å². The Morgan fingerprint density at radius 3 is 2.71 bits per heavy atom. The van der Waals surface area contributed by atoms with Crippen molar-refractivity contribution in [2.75, 3.05) is 13.6 Å². The van der Waals surface area contributed by atoms with Crippen molar-refractivity contribution in [1.82, 2.24) is 15.3 Å². The van der Waals surface area contributed by atoms with Gasteiger partial charge in [0.05, 0.1) is 11.0 Å². The quantitative estimate of drug-likeness (QED) is 0.852. The van der Waals surface area contributed by atoms with Crippen molar-refractivity contribution in [1.29, 1.82) is 0 Å². The first kappa shape index (κ1) is 12.1. The molecule has 0 aliphatic rings. The lowest BCUT2D eigenvalue weighted by molar-refractivity contribution is 0.554. The molecule has 0 atom stereocenters. The van der Waals surface area contributed by atoms with E-state index in [1.54, 1.807) is 0 Å². The summed E-state index contributed by atoms with van der Waals surface area (Å²) in [5.41, 5.74) is 3.62. The van der Waals surface area contributed by atoms with Crippen molar-refractivity contribution in [3.05, 3.63) is 29.6 Å². The van der Waals surface area contributed by atoms with Gasteiger partial charge in [-0.1, -0.05) is 26.8 Å². The van der Waals surface area contributed by atoms with Crippen LogP contribution in [0.25, 0.3) is 11.0 Å². The molecule has 0 saturated carbocycles. The van der Waals surface area contributed by atoms with Gasteiger partial charge in [-0.05, 0) is 37.7 Å². The van der Waals surface area contributed by atoms with Crippen LogP contribution >= 0.6 is 0 Å². The van der Waals surface area contributed by atoms with Crippen LogP contribution < -0.4 is 5.32 Å². The first-order valence-electron chi connectivity index (χ1n) is 6.14. The summed E-state index contributed by atoms with van der Waals surface area (Å²) in [5.74, 6) is 1.05. The Kier molecular flexibility index (Phi) is 3.20. The maximum Gasteiger partial charge on any atom is 0.112 e. The fraction of sp³-hybridized carbons (Fsp3) is 0.500. The van der Waals surface area contributed by atoms with E-state index in [-0.39, 0.29) is 5.41 Å². The number of hydrogen-bond donors (Lipinski definition) is 2. The standard InChI is InChI=1S/C14H21N3/c1-14(2,3)13-16-11-6-5-10(7-8-15-4)9-12(11)17-13/h5-6,9,15H,7-8H2,1-4H3,(H,16,17). The van der Waals surface area contributed by atoms with Crippen LogP contribution in [-0.4, -0.2) is 23.6 Å². The molecule has 0 aliphatic carbocycles. The number of imidazole rings is 1. The van der Waals surface area contributed by atoms with Gasteiger partial charge in [-0.3, -0.25) is 0 Å². The number of rotatable bonds is 3. The molecule has 0 spiro atoms. The predicted molar refractivity (Wildman–Crippen MR) is 72.4 cm³/mol. The van der Waals surface area contributed by atoms with Crippen molar-refractivity contribution < 1.29 is 0 Å². The second-order valence-electron chi connectivity index (χ2n) is 5.54. The number of nitrogens with zero attached hydrogens (tertiary/aromatic N) is 1. The Balaban J connectivity index is 2.34. The Bertz CT molecular complexity index is 506. The van der Waals surface area contributed by atoms with E-state index < -0.39 is 0 Å². The number of nitrogens with one attached hydrogen (secondary N) is 2. The Labute approximate surface area is 103 Å². The molecule has 0 amide bonds. The number of benzene rings is 1. The summed E-state index contributed by atoms with van der Waals surface area (Å²) in [7, 11) is 1.98. The molecule has 3 heteroatoms. The van der Waals surface area contributed by atoms with Crippen LogP contribution in [0.1, 0.15) is 32.2 Å². The third-order valence-electron chi connectivity index (χ3n) is 2.92. The Morgan fingerprint density at radius 1 is 1.29 bits per heavy atom. The molecule has 0 saturated heterocycles. The molecule has 0 unspecified atom stereocenters. The average molecular weight is 231 g/mol. The molecule has 0 fully saturated rings. The van der Waals surface area contributed by atoms with Gasteiger partial charge in [0.25, 0.3) is 0 Å². The lowest BCUT2D eigenvalue weighted by atomic mass is 9.96. The number of likely N-dealkylation sites (N-methyl/N-ethyl adjacent to an activating group) is 1. The van der Waals surface area contributed by atoms with Crippen LogP contribution in [0.3, 0.4) is 0 Å². The zero-order valence-corrected chi connectivity index (χ0v) is 11.1. The first-order valence-corrected chi connectivity index (χ1v) is 6.14. The number of H-pyrrole nitrogens is 1. The summed E-state index contributed by atoms with van der Waals surface area (Å²) in [4.78, 5) is 8.06. The molecule has 17 heavy (non-hydrogen) atoms. The molecule has 1 aromatic carbocycles. The van der Waals surface area contributed by atoms with E-state index in [0.717, 1.165) is 29.8 Å². The molecule has 0 aliphatic heterocycles. The molecule has 1 heterocycles. The SMILES string of the molecule is CNCCc1ccc2nc(C(C)(C)C)[nH]c2c1. The van der Waals surface area contributed by atoms with Crippen molar-refractivity contribution >= 4 is 11.0 Å². The van der Waals surface area contributed by atoms with Gasteiger partial charge in [0, 0.05) is 5.41 Å². The maximum atomic E-state index is 4.63. The van der Waals surface area contributed by atoms with E-state index in [1.807, 2.05) is 7.05 Å². The van der Waals surface area contributed by atoms with E-state index in [4.69, 9.17) is 0 Å². The number of fused-ring (bicyclic) bond motifs is 1. The number of hydrogen-bond acceptors (Lipinski definition) is 2. The smallest absolute Gasteiger partial charge is 0.112 e. The zero-order chi connectivity index (χ0) is 12.5. The summed E-state index contributed by atoms with van der Waals surface area (Å²) >= 11 is 0. The van der Waals surface area contributed by atoms with Crippen LogP contribution in [0, 0.1) is 0 Å². The molecule has 0 radical (unpaired) electrons. The second kappa shape index (κ2) is 4.49. The highest BCUT2D eigenvalue weighted by Crippen LogP contribution is 2.23. The fourth-order valence-corrected chi connectivity index (χ4v) is 1.84. The van der Waals surface area contributed by atoms with Crippen molar-refractivity contribution in [3.8, 4) is 0 Å². The lowest BCUT2D eigenvalue weighted by Crippen LogP contribution is -2.12. The molecular weight excluding hydrogens is 210 g/mol. The van der Waals surface area contributed by atoms with E-state index in [2.05, 4.69) is 54.3 Å². The van der Waals surface area contributed by atoms with Crippen molar-refractivity contribution in [3.63, 3.8) is 0 Å². The molecule has 2 N–H and O–H groups in total. The fourth-order valence-electron chi connectivity index (χ4n) is 1.84. The van der Waals surface area contributed by atoms with Gasteiger partial charge >= 0.3 is 0 Å². The molecule has 2 rings (SSSR count). The third-order valence-corrected chi connectivity index (χ3v) is 2.92. The Hall–Kier alpha value is -1.35. The van der Waals surface area contributed by atoms with Gasteiger partial charge in [0.15, 0.2) is 0 Å². The molecule has 2 aromatic rings. The minimum atomic E-state index is 0.0736. The van der Waals surface area contributed by atoms with Crippen LogP contribution in [0.15, 0.2) is 18.2 Å². The number of aromatic amines is 1. The summed E-state index contributed by atoms with van der Waals surface area (Å²) in [6.45, 7) is 7.53. The summed E-state index contributed by atoms with van der Waals surface area (Å²) in [6.07, 6.45) is 1.05. The molecular formula is C14H21N3. The predicted octanol–water partition coefficient (Wildman–Crippen LogP) is 2.62. The summed E-state index contributed by atoms with van der Waals surface area (Å²) in [6, 6.07) is 6.47. The minimum absolute atomic E-state index is 0.0736. The second-order valence-corrected chi connectivity index (χ2v) is 5.54. The van der Waals surface area contributed by atoms with Crippen LogP contribution in [0.2, 0.25) is 0 Å². The highest BCUT2D eigenvalue weighted by molar-refractivity contribution is 5.76. The van der Waals surface area contributed by atoms with Crippen LogP contribution in [0.4, 0.5) is 0 Å². The van der Waals surface area contributed by atoms with Crippen molar-refractivity contribution in [2.45, 2.75) is 32.6 Å². The van der Waals surface area contributed by atoms with E-state index in [9.17, 15) is 0 Å². The normalized spacial score (nSPS) is 12.2. The van der Waals surface area contributed by atoms with Gasteiger partial charge in [0.1, 0.15) is 5.82 Å². The van der Waals surface area contributed by atoms with Crippen molar-refractivity contribution in [2.24, 2.45) is 0 Å². The highest BCUT2D eigenvalue weighted by atomic mass is 14.9. The molecule has 1 aromatic heterocycles. The zero-order valence-electron chi connectivity index (χ0n) is 11.1. The minimum Gasteiger partial charge on any atom is -0.342 e. The van der Waals surface area contributed by atoms with E-state index in [1.165, 1.54) is 5.56 Å². The lowest BCUT2D eigenvalue weighted by Gasteiger charge is -2.13. The Morgan fingerprint density at radius 2 is 2.06 bits per heavy atom. The maximum absolute atomic E-state index is 4.63. The molecule has 92 valence electrons. The van der Waals surface area contributed by atoms with Gasteiger partial charge in [-0.25, -0.2) is 4.98 Å². The first-order chi connectivity index (χ1) is 8.00. The van der Waals surface area contributed by atoms with Gasteiger partial charge in [-0.15, -0.1) is 0 Å². The van der Waals surface area contributed by atoms with Crippen LogP contribution in [-0.2, 0) is 11.8 Å². The van der Waals surface area contributed by atoms with Gasteiger partial charge < -0.3 is 10.3 Å². The molecule has 0 bridgehead atoms. The van der Waals surface area contributed by atoms with E-state index in [0.29, 0.717) is 0 Å². The van der Waals surface area contributed by atoms with Crippen LogP contribution in [0.5, 0.6) is 0 Å². The van der Waals surface area contributed by atoms with E-state index >= 15 is 0 Å².